The lowest BCUT2D eigenvalue weighted by Crippen LogP contribution is -2.59. The fraction of sp³-hybridized carbons (Fsp3) is 0.300. The van der Waals surface area contributed by atoms with Crippen LogP contribution in [-0.2, 0) is 14.3 Å². The van der Waals surface area contributed by atoms with Gasteiger partial charge in [0, 0.05) is 30.2 Å². The second-order valence-corrected chi connectivity index (χ2v) is 10.1. The Hall–Kier alpha value is -3.43. The molecule has 1 fully saturated rings. The van der Waals surface area contributed by atoms with E-state index in [9.17, 15) is 19.5 Å². The molecule has 1 heterocycles. The van der Waals surface area contributed by atoms with E-state index in [4.69, 9.17) is 16.3 Å². The second-order valence-electron chi connectivity index (χ2n) is 9.70. The van der Waals surface area contributed by atoms with Gasteiger partial charge in [0.25, 0.3) is 0 Å². The van der Waals surface area contributed by atoms with Gasteiger partial charge in [-0.05, 0) is 43.2 Å². The quantitative estimate of drug-likeness (QED) is 0.361. The Kier molecular flexibility index (Phi) is 11.1. The molecule has 3 aromatic rings. The van der Waals surface area contributed by atoms with E-state index in [1.165, 1.54) is 29.3 Å². The highest BCUT2D eigenvalue weighted by molar-refractivity contribution is 6.31. The van der Waals surface area contributed by atoms with Crippen molar-refractivity contribution in [1.82, 2.24) is 9.80 Å². The molecule has 10 heteroatoms. The normalized spacial score (nSPS) is 17.2. The number of piperazine rings is 1. The SMILES string of the molecule is C[C@@H]1CN(C(=O)COCC(=O)Nc2ccc(Cl)cc2C(=O)O)C[C@H](C)N1C(c1ccccc1)c1ccccc1.Cl. The summed E-state index contributed by atoms with van der Waals surface area (Å²) in [6.45, 7) is 4.66. The number of nitrogens with zero attached hydrogens (tertiary/aromatic N) is 2. The number of carbonyl (C=O) groups excluding carboxylic acids is 2. The van der Waals surface area contributed by atoms with Crippen molar-refractivity contribution in [3.8, 4) is 0 Å². The Labute approximate surface area is 245 Å². The number of nitrogens with one attached hydrogen (secondary N) is 1. The number of carboxylic acid groups (broad SMARTS) is 1. The van der Waals surface area contributed by atoms with E-state index in [2.05, 4.69) is 48.3 Å². The van der Waals surface area contributed by atoms with Crippen molar-refractivity contribution in [2.24, 2.45) is 0 Å². The van der Waals surface area contributed by atoms with Crippen LogP contribution in [0, 0.1) is 0 Å². The molecule has 212 valence electrons. The van der Waals surface area contributed by atoms with E-state index >= 15 is 0 Å². The molecule has 40 heavy (non-hydrogen) atoms. The highest BCUT2D eigenvalue weighted by Gasteiger charge is 2.37. The highest BCUT2D eigenvalue weighted by Crippen LogP contribution is 2.34. The Morgan fingerprint density at radius 2 is 1.48 bits per heavy atom. The maximum Gasteiger partial charge on any atom is 0.337 e. The Morgan fingerprint density at radius 1 is 0.925 bits per heavy atom. The molecule has 0 aliphatic carbocycles. The van der Waals surface area contributed by atoms with Crippen LogP contribution in [0.25, 0.3) is 0 Å². The topological polar surface area (TPSA) is 99.2 Å². The molecule has 0 bridgehead atoms. The van der Waals surface area contributed by atoms with Crippen LogP contribution in [0.5, 0.6) is 0 Å². The zero-order valence-corrected chi connectivity index (χ0v) is 23.9. The number of hydrogen-bond donors (Lipinski definition) is 2. The van der Waals surface area contributed by atoms with Gasteiger partial charge in [-0.3, -0.25) is 14.5 Å². The van der Waals surface area contributed by atoms with E-state index < -0.39 is 11.9 Å². The summed E-state index contributed by atoms with van der Waals surface area (Å²) in [5, 5.41) is 12.1. The number of hydrogen-bond acceptors (Lipinski definition) is 5. The minimum atomic E-state index is -1.21. The average molecular weight is 587 g/mol. The van der Waals surface area contributed by atoms with E-state index in [1.807, 2.05) is 36.4 Å². The molecule has 0 radical (unpaired) electrons. The molecular weight excluding hydrogens is 553 g/mol. The van der Waals surface area contributed by atoms with Gasteiger partial charge in [0.2, 0.25) is 11.8 Å². The molecule has 2 atom stereocenters. The molecule has 0 unspecified atom stereocenters. The summed E-state index contributed by atoms with van der Waals surface area (Å²) >= 11 is 5.85. The minimum absolute atomic E-state index is 0. The summed E-state index contributed by atoms with van der Waals surface area (Å²) in [5.74, 6) is -1.98. The number of carboxylic acids is 1. The second kappa shape index (κ2) is 14.3. The van der Waals surface area contributed by atoms with Gasteiger partial charge in [-0.1, -0.05) is 72.3 Å². The van der Waals surface area contributed by atoms with Crippen LogP contribution in [0.1, 0.15) is 41.4 Å². The molecule has 8 nitrogen and oxygen atoms in total. The number of ether oxygens (including phenoxy) is 1. The van der Waals surface area contributed by atoms with Crippen LogP contribution in [0.15, 0.2) is 78.9 Å². The maximum absolute atomic E-state index is 13.0. The number of rotatable bonds is 9. The lowest BCUT2D eigenvalue weighted by atomic mass is 9.92. The Morgan fingerprint density at radius 3 is 2.00 bits per heavy atom. The lowest BCUT2D eigenvalue weighted by Gasteiger charge is -2.48. The molecule has 0 saturated carbocycles. The number of benzene rings is 3. The van der Waals surface area contributed by atoms with Crippen LogP contribution in [0.3, 0.4) is 0 Å². The van der Waals surface area contributed by atoms with Crippen LogP contribution < -0.4 is 5.32 Å². The number of aromatic carboxylic acids is 1. The lowest BCUT2D eigenvalue weighted by molar-refractivity contribution is -0.142. The predicted molar refractivity (Wildman–Crippen MR) is 157 cm³/mol. The van der Waals surface area contributed by atoms with Crippen molar-refractivity contribution in [1.29, 1.82) is 0 Å². The van der Waals surface area contributed by atoms with Gasteiger partial charge < -0.3 is 20.1 Å². The van der Waals surface area contributed by atoms with Crippen LogP contribution in [0.4, 0.5) is 5.69 Å². The molecule has 2 N–H and O–H groups in total. The monoisotopic (exact) mass is 585 g/mol. The van der Waals surface area contributed by atoms with Crippen LogP contribution >= 0.6 is 24.0 Å². The van der Waals surface area contributed by atoms with Crippen molar-refractivity contribution < 1.29 is 24.2 Å². The van der Waals surface area contributed by atoms with Crippen molar-refractivity contribution in [2.45, 2.75) is 32.0 Å². The van der Waals surface area contributed by atoms with Gasteiger partial charge in [-0.2, -0.15) is 0 Å². The first kappa shape index (κ1) is 31.1. The van der Waals surface area contributed by atoms with Gasteiger partial charge in [0.1, 0.15) is 13.2 Å². The third kappa shape index (κ3) is 7.61. The third-order valence-electron chi connectivity index (χ3n) is 6.81. The summed E-state index contributed by atoms with van der Waals surface area (Å²) < 4.78 is 5.40. The molecule has 1 saturated heterocycles. The van der Waals surface area contributed by atoms with Gasteiger partial charge in [0.05, 0.1) is 17.3 Å². The zero-order valence-electron chi connectivity index (χ0n) is 22.3. The molecule has 2 amide bonds. The summed E-state index contributed by atoms with van der Waals surface area (Å²) in [6.07, 6.45) is 0. The van der Waals surface area contributed by atoms with Gasteiger partial charge >= 0.3 is 5.97 Å². The standard InChI is InChI=1S/C30H32ClN3O5.ClH/c1-20-16-33(28(36)19-39-18-27(35)32-26-14-13-24(31)15-25(26)30(37)38)17-21(2)34(20)29(22-9-5-3-6-10-22)23-11-7-4-8-12-23;/h3-15,20-21,29H,16-19H2,1-2H3,(H,32,35)(H,37,38);1H/t20-,21+;. The van der Waals surface area contributed by atoms with Crippen molar-refractivity contribution in [2.75, 3.05) is 31.6 Å². The smallest absolute Gasteiger partial charge is 0.337 e. The first-order valence-corrected chi connectivity index (χ1v) is 13.2. The van der Waals surface area contributed by atoms with Gasteiger partial charge in [0.15, 0.2) is 0 Å². The molecule has 1 aliphatic heterocycles. The predicted octanol–water partition coefficient (Wildman–Crippen LogP) is 5.13. The number of halogens is 2. The van der Waals surface area contributed by atoms with E-state index in [0.717, 1.165) is 0 Å². The Balaban J connectivity index is 0.00000441. The fourth-order valence-corrected chi connectivity index (χ4v) is 5.34. The first-order chi connectivity index (χ1) is 18.7. The van der Waals surface area contributed by atoms with Gasteiger partial charge in [-0.25, -0.2) is 4.79 Å². The number of amides is 2. The molecule has 4 rings (SSSR count). The summed E-state index contributed by atoms with van der Waals surface area (Å²) in [7, 11) is 0. The van der Waals surface area contributed by atoms with Gasteiger partial charge in [-0.15, -0.1) is 12.4 Å². The van der Waals surface area contributed by atoms with Crippen LogP contribution in [0.2, 0.25) is 5.02 Å². The third-order valence-corrected chi connectivity index (χ3v) is 7.05. The molecule has 0 aromatic heterocycles. The summed E-state index contributed by atoms with van der Waals surface area (Å²) in [5.41, 5.74) is 2.38. The van der Waals surface area contributed by atoms with E-state index in [-0.39, 0.29) is 65.9 Å². The van der Waals surface area contributed by atoms with E-state index in [1.54, 1.807) is 4.90 Å². The minimum Gasteiger partial charge on any atom is -0.478 e. The molecule has 0 spiro atoms. The molecule has 1 aliphatic rings. The van der Waals surface area contributed by atoms with Crippen molar-refractivity contribution in [3.05, 3.63) is 101 Å². The number of anilines is 1. The highest BCUT2D eigenvalue weighted by atomic mass is 35.5. The van der Waals surface area contributed by atoms with E-state index in [0.29, 0.717) is 13.1 Å². The summed E-state index contributed by atoms with van der Waals surface area (Å²) in [6, 6.07) is 25.1. The van der Waals surface area contributed by atoms with Crippen LogP contribution in [-0.4, -0.2) is 71.1 Å². The van der Waals surface area contributed by atoms with Crippen molar-refractivity contribution >= 4 is 47.5 Å². The average Bonchev–Trinajstić information content (AvgIpc) is 2.92. The number of carbonyl (C=O) groups is 3. The molecule has 3 aromatic carbocycles. The zero-order chi connectivity index (χ0) is 27.9. The largest absolute Gasteiger partial charge is 0.478 e. The maximum atomic E-state index is 13.0. The summed E-state index contributed by atoms with van der Waals surface area (Å²) in [4.78, 5) is 41.0. The molecular formula is C30H33Cl2N3O5. The first-order valence-electron chi connectivity index (χ1n) is 12.8. The Bertz CT molecular complexity index is 1260. The van der Waals surface area contributed by atoms with Crippen molar-refractivity contribution in [3.63, 3.8) is 0 Å². The fourth-order valence-electron chi connectivity index (χ4n) is 5.17.